The van der Waals surface area contributed by atoms with Crippen molar-refractivity contribution < 1.29 is 9.47 Å². The maximum Gasteiger partial charge on any atom is 0.218 e. The van der Waals surface area contributed by atoms with Crippen molar-refractivity contribution in [1.82, 2.24) is 9.97 Å². The van der Waals surface area contributed by atoms with Crippen LogP contribution in [0.3, 0.4) is 0 Å². The number of aromatic nitrogens is 2. The second-order valence-corrected chi connectivity index (χ2v) is 3.94. The second kappa shape index (κ2) is 5.12. The molecular formula is C11H17N3O2. The molecule has 1 aromatic heterocycles. The van der Waals surface area contributed by atoms with E-state index in [4.69, 9.17) is 15.2 Å². The van der Waals surface area contributed by atoms with Crippen molar-refractivity contribution in [2.75, 3.05) is 18.9 Å². The van der Waals surface area contributed by atoms with E-state index in [-0.39, 0.29) is 0 Å². The Bertz CT molecular complexity index is 353. The Morgan fingerprint density at radius 3 is 2.94 bits per heavy atom. The van der Waals surface area contributed by atoms with E-state index < -0.39 is 0 Å². The predicted molar refractivity (Wildman–Crippen MR) is 60.0 cm³/mol. The third-order valence-corrected chi connectivity index (χ3v) is 2.37. The molecule has 0 spiro atoms. The molecule has 0 amide bonds. The molecule has 0 atom stereocenters. The van der Waals surface area contributed by atoms with Gasteiger partial charge >= 0.3 is 0 Å². The minimum atomic E-state index is 0.376. The molecule has 1 saturated carbocycles. The van der Waals surface area contributed by atoms with E-state index in [1.165, 1.54) is 12.8 Å². The van der Waals surface area contributed by atoms with Crippen LogP contribution in [0.4, 0.5) is 5.82 Å². The minimum Gasteiger partial charge on any atom is -0.477 e. The molecule has 2 N–H and O–H groups in total. The van der Waals surface area contributed by atoms with Gasteiger partial charge in [-0.2, -0.15) is 4.98 Å². The lowest BCUT2D eigenvalue weighted by Gasteiger charge is -2.07. The molecule has 1 aliphatic carbocycles. The van der Waals surface area contributed by atoms with E-state index in [9.17, 15) is 0 Å². The van der Waals surface area contributed by atoms with Gasteiger partial charge in [-0.25, -0.2) is 4.98 Å². The number of nitrogens with two attached hydrogens (primary N) is 1. The highest BCUT2D eigenvalue weighted by atomic mass is 16.5. The van der Waals surface area contributed by atoms with E-state index in [0.29, 0.717) is 36.7 Å². The van der Waals surface area contributed by atoms with Crippen LogP contribution in [0.1, 0.15) is 25.6 Å². The molecular weight excluding hydrogens is 206 g/mol. The molecule has 1 heterocycles. The molecule has 0 aliphatic heterocycles. The zero-order valence-electron chi connectivity index (χ0n) is 9.48. The third kappa shape index (κ3) is 3.34. The van der Waals surface area contributed by atoms with Gasteiger partial charge in [0, 0.05) is 12.7 Å². The Labute approximate surface area is 95.0 Å². The average Bonchev–Trinajstić information content (AvgIpc) is 3.07. The Kier molecular flexibility index (Phi) is 3.56. The molecule has 1 aromatic rings. The monoisotopic (exact) mass is 223 g/mol. The molecule has 0 unspecified atom stereocenters. The fourth-order valence-corrected chi connectivity index (χ4v) is 1.31. The van der Waals surface area contributed by atoms with Gasteiger partial charge in [-0.15, -0.1) is 0 Å². The van der Waals surface area contributed by atoms with Crippen molar-refractivity contribution in [2.24, 2.45) is 5.92 Å². The molecule has 0 radical (unpaired) electrons. The first-order valence-electron chi connectivity index (χ1n) is 5.62. The predicted octanol–water partition coefficient (Wildman–Crippen LogP) is 1.38. The number of hydrogen-bond donors (Lipinski definition) is 1. The first kappa shape index (κ1) is 11.1. The summed E-state index contributed by atoms with van der Waals surface area (Å²) in [5, 5.41) is 0. The SMILES string of the molecule is CCOCc1nc(N)cc(OCC2CC2)n1. The van der Waals surface area contributed by atoms with Crippen LogP contribution in [0.5, 0.6) is 5.88 Å². The number of hydrogen-bond acceptors (Lipinski definition) is 5. The van der Waals surface area contributed by atoms with Crippen LogP contribution in [0.2, 0.25) is 0 Å². The van der Waals surface area contributed by atoms with Crippen molar-refractivity contribution in [3.8, 4) is 5.88 Å². The lowest BCUT2D eigenvalue weighted by molar-refractivity contribution is 0.127. The van der Waals surface area contributed by atoms with Gasteiger partial charge in [-0.05, 0) is 25.7 Å². The minimum absolute atomic E-state index is 0.376. The smallest absolute Gasteiger partial charge is 0.218 e. The maximum absolute atomic E-state index is 5.67. The molecule has 0 saturated heterocycles. The van der Waals surface area contributed by atoms with Crippen molar-refractivity contribution in [2.45, 2.75) is 26.4 Å². The first-order valence-corrected chi connectivity index (χ1v) is 5.62. The van der Waals surface area contributed by atoms with Gasteiger partial charge < -0.3 is 15.2 Å². The van der Waals surface area contributed by atoms with Gasteiger partial charge in [-0.3, -0.25) is 0 Å². The number of anilines is 1. The fourth-order valence-electron chi connectivity index (χ4n) is 1.31. The molecule has 0 bridgehead atoms. The zero-order valence-corrected chi connectivity index (χ0v) is 9.48. The van der Waals surface area contributed by atoms with Crippen LogP contribution < -0.4 is 10.5 Å². The molecule has 16 heavy (non-hydrogen) atoms. The van der Waals surface area contributed by atoms with E-state index in [2.05, 4.69) is 9.97 Å². The Balaban J connectivity index is 1.96. The van der Waals surface area contributed by atoms with Gasteiger partial charge in [0.2, 0.25) is 5.88 Å². The Morgan fingerprint density at radius 2 is 2.25 bits per heavy atom. The van der Waals surface area contributed by atoms with Crippen LogP contribution in [-0.2, 0) is 11.3 Å². The molecule has 88 valence electrons. The number of nitrogen functional groups attached to an aromatic ring is 1. The van der Waals surface area contributed by atoms with Crippen molar-refractivity contribution in [3.05, 3.63) is 11.9 Å². The number of rotatable bonds is 6. The Hall–Kier alpha value is -1.36. The highest BCUT2D eigenvalue weighted by molar-refractivity contribution is 5.32. The van der Waals surface area contributed by atoms with Crippen molar-refractivity contribution in [1.29, 1.82) is 0 Å². The lowest BCUT2D eigenvalue weighted by Crippen LogP contribution is -2.07. The number of ether oxygens (including phenoxy) is 2. The summed E-state index contributed by atoms with van der Waals surface area (Å²) in [6.45, 7) is 3.67. The standard InChI is InChI=1S/C11H17N3O2/c1-2-15-7-10-13-9(12)5-11(14-10)16-6-8-3-4-8/h5,8H,2-4,6-7H2,1H3,(H2,12,13,14). The van der Waals surface area contributed by atoms with Crippen molar-refractivity contribution >= 4 is 5.82 Å². The van der Waals surface area contributed by atoms with Crippen molar-refractivity contribution in [3.63, 3.8) is 0 Å². The van der Waals surface area contributed by atoms with Crippen LogP contribution in [0, 0.1) is 5.92 Å². The summed E-state index contributed by atoms with van der Waals surface area (Å²) in [7, 11) is 0. The highest BCUT2D eigenvalue weighted by Gasteiger charge is 2.22. The summed E-state index contributed by atoms with van der Waals surface area (Å²) < 4.78 is 10.8. The Morgan fingerprint density at radius 1 is 1.44 bits per heavy atom. The van der Waals surface area contributed by atoms with Crippen LogP contribution in [0.15, 0.2) is 6.07 Å². The largest absolute Gasteiger partial charge is 0.477 e. The van der Waals surface area contributed by atoms with Crippen LogP contribution in [0.25, 0.3) is 0 Å². The summed E-state index contributed by atoms with van der Waals surface area (Å²) in [4.78, 5) is 8.31. The third-order valence-electron chi connectivity index (χ3n) is 2.37. The topological polar surface area (TPSA) is 70.3 Å². The van der Waals surface area contributed by atoms with Crippen LogP contribution in [-0.4, -0.2) is 23.2 Å². The van der Waals surface area contributed by atoms with Gasteiger partial charge in [0.1, 0.15) is 12.4 Å². The zero-order chi connectivity index (χ0) is 11.4. The lowest BCUT2D eigenvalue weighted by atomic mass is 10.4. The summed E-state index contributed by atoms with van der Waals surface area (Å²) in [5.41, 5.74) is 5.67. The van der Waals surface area contributed by atoms with Gasteiger partial charge in [0.05, 0.1) is 6.61 Å². The first-order chi connectivity index (χ1) is 7.78. The molecule has 1 fully saturated rings. The van der Waals surface area contributed by atoms with Gasteiger partial charge in [0.15, 0.2) is 5.82 Å². The summed E-state index contributed by atoms with van der Waals surface area (Å²) in [6.07, 6.45) is 2.51. The second-order valence-electron chi connectivity index (χ2n) is 3.94. The molecule has 5 heteroatoms. The fraction of sp³-hybridized carbons (Fsp3) is 0.636. The summed E-state index contributed by atoms with van der Waals surface area (Å²) in [6, 6.07) is 1.65. The van der Waals surface area contributed by atoms with E-state index in [1.807, 2.05) is 6.92 Å². The molecule has 0 aromatic carbocycles. The van der Waals surface area contributed by atoms with E-state index >= 15 is 0 Å². The van der Waals surface area contributed by atoms with E-state index in [1.54, 1.807) is 6.07 Å². The van der Waals surface area contributed by atoms with Crippen LogP contribution >= 0.6 is 0 Å². The normalized spacial score (nSPS) is 15.1. The molecule has 1 aliphatic rings. The average molecular weight is 223 g/mol. The maximum atomic E-state index is 5.67. The summed E-state index contributed by atoms with van der Waals surface area (Å²) >= 11 is 0. The van der Waals surface area contributed by atoms with E-state index in [0.717, 1.165) is 6.61 Å². The van der Waals surface area contributed by atoms with Gasteiger partial charge in [-0.1, -0.05) is 0 Å². The van der Waals surface area contributed by atoms with Gasteiger partial charge in [0.25, 0.3) is 0 Å². The summed E-state index contributed by atoms with van der Waals surface area (Å²) in [5.74, 6) is 2.25. The highest BCUT2D eigenvalue weighted by Crippen LogP contribution is 2.29. The quantitative estimate of drug-likeness (QED) is 0.789. The number of nitrogens with zero attached hydrogens (tertiary/aromatic N) is 2. The molecule has 2 rings (SSSR count). The molecule has 5 nitrogen and oxygen atoms in total.